The van der Waals surface area contributed by atoms with E-state index in [-0.39, 0.29) is 28.5 Å². The van der Waals surface area contributed by atoms with E-state index >= 15 is 0 Å². The van der Waals surface area contributed by atoms with Crippen LogP contribution in [0.5, 0.6) is 0 Å². The molecule has 0 saturated heterocycles. The van der Waals surface area contributed by atoms with Crippen LogP contribution in [0.15, 0.2) is 22.7 Å². The predicted octanol–water partition coefficient (Wildman–Crippen LogP) is 4.31. The number of hydrogen-bond acceptors (Lipinski definition) is 1. The summed E-state index contributed by atoms with van der Waals surface area (Å²) >= 11 is 8.63. The molecule has 2 nitrogen and oxygen atoms in total. The minimum absolute atomic E-state index is 0.0194. The Kier molecular flexibility index (Phi) is 4.64. The molecule has 20 heavy (non-hydrogen) atoms. The molecule has 1 saturated carbocycles. The van der Waals surface area contributed by atoms with Crippen molar-refractivity contribution in [1.82, 2.24) is 4.90 Å². The van der Waals surface area contributed by atoms with Crippen LogP contribution in [-0.4, -0.2) is 29.3 Å². The van der Waals surface area contributed by atoms with Crippen LogP contribution in [0.2, 0.25) is 0 Å². The summed E-state index contributed by atoms with van der Waals surface area (Å²) in [6.07, 6.45) is -2.92. The lowest BCUT2D eigenvalue weighted by atomic mass is 10.1. The van der Waals surface area contributed by atoms with Gasteiger partial charge in [0.1, 0.15) is 0 Å². The first-order chi connectivity index (χ1) is 9.34. The first-order valence-electron chi connectivity index (χ1n) is 6.08. The molecular formula is C13H12BrClF3NO. The van der Waals surface area contributed by atoms with Crippen LogP contribution >= 0.6 is 27.5 Å². The molecular weight excluding hydrogens is 359 g/mol. The van der Waals surface area contributed by atoms with Gasteiger partial charge in [0, 0.05) is 22.9 Å². The van der Waals surface area contributed by atoms with Crippen molar-refractivity contribution < 1.29 is 18.0 Å². The number of amides is 1. The van der Waals surface area contributed by atoms with Crippen LogP contribution in [-0.2, 0) is 6.18 Å². The zero-order valence-electron chi connectivity index (χ0n) is 10.4. The molecule has 0 spiro atoms. The van der Waals surface area contributed by atoms with Gasteiger partial charge in [0.05, 0.1) is 11.1 Å². The van der Waals surface area contributed by atoms with Gasteiger partial charge in [-0.1, -0.05) is 15.9 Å². The number of rotatable bonds is 4. The summed E-state index contributed by atoms with van der Waals surface area (Å²) in [5.74, 6) is -0.395. The van der Waals surface area contributed by atoms with Crippen LogP contribution < -0.4 is 0 Å². The summed E-state index contributed by atoms with van der Waals surface area (Å²) in [6, 6.07) is 3.59. The second-order valence-corrected chi connectivity index (χ2v) is 5.90. The van der Waals surface area contributed by atoms with E-state index in [1.54, 1.807) is 0 Å². The lowest BCUT2D eigenvalue weighted by molar-refractivity contribution is -0.138. The van der Waals surface area contributed by atoms with E-state index in [1.165, 1.54) is 17.0 Å². The van der Waals surface area contributed by atoms with E-state index in [0.29, 0.717) is 0 Å². The van der Waals surface area contributed by atoms with E-state index in [4.69, 9.17) is 11.6 Å². The standard InChI is InChI=1S/C13H12BrClF3NO/c14-8-1-4-10(11(7-8)13(16,17)18)12(20)19(6-5-15)9-2-3-9/h1,4,7,9H,2-3,5-6H2. The first kappa shape index (κ1) is 15.6. The lowest BCUT2D eigenvalue weighted by Crippen LogP contribution is -2.36. The molecule has 0 unspecified atom stereocenters. The summed E-state index contributed by atoms with van der Waals surface area (Å²) in [7, 11) is 0. The minimum Gasteiger partial charge on any atom is -0.334 e. The van der Waals surface area contributed by atoms with Crippen LogP contribution in [0.4, 0.5) is 13.2 Å². The Labute approximate surface area is 128 Å². The SMILES string of the molecule is O=C(c1ccc(Br)cc1C(F)(F)F)N(CCCl)C1CC1. The Morgan fingerprint density at radius 1 is 1.40 bits per heavy atom. The molecule has 1 aliphatic carbocycles. The van der Waals surface area contributed by atoms with E-state index in [2.05, 4.69) is 15.9 Å². The molecule has 1 aromatic carbocycles. The zero-order valence-corrected chi connectivity index (χ0v) is 12.7. The van der Waals surface area contributed by atoms with Crippen molar-refractivity contribution in [2.75, 3.05) is 12.4 Å². The summed E-state index contributed by atoms with van der Waals surface area (Å²) < 4.78 is 39.4. The molecule has 1 aromatic rings. The Morgan fingerprint density at radius 3 is 2.55 bits per heavy atom. The third-order valence-electron chi connectivity index (χ3n) is 3.09. The van der Waals surface area contributed by atoms with Crippen LogP contribution in [0.1, 0.15) is 28.8 Å². The molecule has 0 N–H and O–H groups in total. The first-order valence-corrected chi connectivity index (χ1v) is 7.41. The van der Waals surface area contributed by atoms with Gasteiger partial charge in [-0.3, -0.25) is 4.79 Å². The lowest BCUT2D eigenvalue weighted by Gasteiger charge is -2.23. The Morgan fingerprint density at radius 2 is 2.05 bits per heavy atom. The topological polar surface area (TPSA) is 20.3 Å². The summed E-state index contributed by atoms with van der Waals surface area (Å²) in [6.45, 7) is 0.262. The fraction of sp³-hybridized carbons (Fsp3) is 0.462. The molecule has 1 amide bonds. The molecule has 0 aliphatic heterocycles. The van der Waals surface area contributed by atoms with Crippen molar-refractivity contribution in [3.8, 4) is 0 Å². The van der Waals surface area contributed by atoms with Crippen molar-refractivity contribution >= 4 is 33.4 Å². The van der Waals surface area contributed by atoms with Gasteiger partial charge in [0.2, 0.25) is 0 Å². The number of benzene rings is 1. The van der Waals surface area contributed by atoms with Gasteiger partial charge < -0.3 is 4.90 Å². The van der Waals surface area contributed by atoms with Crippen molar-refractivity contribution in [2.24, 2.45) is 0 Å². The Bertz CT molecular complexity index is 517. The number of alkyl halides is 4. The number of carbonyl (C=O) groups is 1. The molecule has 0 bridgehead atoms. The highest BCUT2D eigenvalue weighted by atomic mass is 79.9. The van der Waals surface area contributed by atoms with Gasteiger partial charge in [0.25, 0.3) is 5.91 Å². The zero-order chi connectivity index (χ0) is 14.9. The third-order valence-corrected chi connectivity index (χ3v) is 3.75. The Balaban J connectivity index is 2.38. The summed E-state index contributed by atoms with van der Waals surface area (Å²) in [5, 5.41) is 0. The highest BCUT2D eigenvalue weighted by molar-refractivity contribution is 9.10. The number of halogens is 5. The van der Waals surface area contributed by atoms with Crippen LogP contribution in [0, 0.1) is 0 Å². The van der Waals surface area contributed by atoms with Gasteiger partial charge in [0.15, 0.2) is 0 Å². The molecule has 7 heteroatoms. The van der Waals surface area contributed by atoms with E-state index in [0.717, 1.165) is 18.9 Å². The smallest absolute Gasteiger partial charge is 0.334 e. The maximum Gasteiger partial charge on any atom is 0.417 e. The molecule has 1 fully saturated rings. The maximum atomic E-state index is 13.0. The third kappa shape index (κ3) is 3.47. The number of hydrogen-bond donors (Lipinski definition) is 0. The Hall–Kier alpha value is -0.750. The van der Waals surface area contributed by atoms with Crippen LogP contribution in [0.3, 0.4) is 0 Å². The second kappa shape index (κ2) is 5.93. The molecule has 2 rings (SSSR count). The van der Waals surface area contributed by atoms with Crippen molar-refractivity contribution in [1.29, 1.82) is 0 Å². The number of nitrogens with zero attached hydrogens (tertiary/aromatic N) is 1. The molecule has 0 atom stereocenters. The molecule has 0 radical (unpaired) electrons. The predicted molar refractivity (Wildman–Crippen MR) is 73.9 cm³/mol. The van der Waals surface area contributed by atoms with E-state index < -0.39 is 17.6 Å². The highest BCUT2D eigenvalue weighted by Crippen LogP contribution is 2.36. The highest BCUT2D eigenvalue weighted by Gasteiger charge is 2.39. The van der Waals surface area contributed by atoms with Gasteiger partial charge in [-0.15, -0.1) is 11.6 Å². The van der Waals surface area contributed by atoms with Gasteiger partial charge in [-0.2, -0.15) is 13.2 Å². The van der Waals surface area contributed by atoms with Crippen molar-refractivity contribution in [2.45, 2.75) is 25.1 Å². The average Bonchev–Trinajstić information content (AvgIpc) is 3.18. The monoisotopic (exact) mass is 369 g/mol. The van der Waals surface area contributed by atoms with Gasteiger partial charge >= 0.3 is 6.18 Å². The normalized spacial score (nSPS) is 15.2. The molecule has 110 valence electrons. The van der Waals surface area contributed by atoms with E-state index in [9.17, 15) is 18.0 Å². The van der Waals surface area contributed by atoms with Gasteiger partial charge in [-0.05, 0) is 31.0 Å². The number of carbonyl (C=O) groups excluding carboxylic acids is 1. The second-order valence-electron chi connectivity index (χ2n) is 4.61. The quantitative estimate of drug-likeness (QED) is 0.723. The minimum atomic E-state index is -4.56. The average molecular weight is 371 g/mol. The fourth-order valence-electron chi connectivity index (χ4n) is 2.02. The molecule has 1 aliphatic rings. The largest absolute Gasteiger partial charge is 0.417 e. The molecule has 0 heterocycles. The molecule has 0 aromatic heterocycles. The summed E-state index contributed by atoms with van der Waals surface area (Å²) in [4.78, 5) is 13.8. The van der Waals surface area contributed by atoms with E-state index in [1.807, 2.05) is 0 Å². The fourth-order valence-corrected chi connectivity index (χ4v) is 2.56. The van der Waals surface area contributed by atoms with Crippen LogP contribution in [0.25, 0.3) is 0 Å². The summed E-state index contributed by atoms with van der Waals surface area (Å²) in [5.41, 5.74) is -1.24. The van der Waals surface area contributed by atoms with Crippen molar-refractivity contribution in [3.63, 3.8) is 0 Å². The van der Waals surface area contributed by atoms with Crippen molar-refractivity contribution in [3.05, 3.63) is 33.8 Å². The van der Waals surface area contributed by atoms with Gasteiger partial charge in [-0.25, -0.2) is 0 Å². The maximum absolute atomic E-state index is 13.0.